The first-order valence-corrected chi connectivity index (χ1v) is 11.6. The number of aromatic amines is 1. The Bertz CT molecular complexity index is 1300. The van der Waals surface area contributed by atoms with Crippen molar-refractivity contribution in [1.29, 1.82) is 0 Å². The lowest BCUT2D eigenvalue weighted by Gasteiger charge is -2.15. The summed E-state index contributed by atoms with van der Waals surface area (Å²) in [5.74, 6) is 0.153. The zero-order valence-corrected chi connectivity index (χ0v) is 18.5. The predicted molar refractivity (Wildman–Crippen MR) is 120 cm³/mol. The van der Waals surface area contributed by atoms with Crippen molar-refractivity contribution in [1.82, 2.24) is 9.78 Å². The number of nitrogens with one attached hydrogen (secondary N) is 1. The fourth-order valence-electron chi connectivity index (χ4n) is 3.42. The number of benzene rings is 2. The summed E-state index contributed by atoms with van der Waals surface area (Å²) in [7, 11) is -3.57. The number of ketones is 1. The van der Waals surface area contributed by atoms with E-state index in [-0.39, 0.29) is 16.0 Å². The van der Waals surface area contributed by atoms with Gasteiger partial charge >= 0.3 is 0 Å². The van der Waals surface area contributed by atoms with Crippen molar-refractivity contribution >= 4 is 15.6 Å². The summed E-state index contributed by atoms with van der Waals surface area (Å²) in [6.45, 7) is 7.84. The second-order valence-corrected chi connectivity index (χ2v) is 9.06. The molecule has 0 fully saturated rings. The molecule has 1 N–H and O–H groups in total. The second kappa shape index (κ2) is 8.77. The average Bonchev–Trinajstić information content (AvgIpc) is 3.11. The van der Waals surface area contributed by atoms with Crippen molar-refractivity contribution in [2.24, 2.45) is 0 Å². The Hall–Kier alpha value is -3.39. The van der Waals surface area contributed by atoms with E-state index in [1.54, 1.807) is 44.2 Å². The summed E-state index contributed by atoms with van der Waals surface area (Å²) < 4.78 is 31.7. The van der Waals surface area contributed by atoms with Crippen molar-refractivity contribution in [3.63, 3.8) is 0 Å². The molecule has 1 heterocycles. The molecule has 0 atom stereocenters. The maximum absolute atomic E-state index is 13.1. The second-order valence-electron chi connectivity index (χ2n) is 7.07. The van der Waals surface area contributed by atoms with Crippen LogP contribution >= 0.6 is 0 Å². The topological polar surface area (TPSA) is 98.2 Å². The van der Waals surface area contributed by atoms with Crippen LogP contribution in [0, 0.1) is 6.92 Å². The van der Waals surface area contributed by atoms with Crippen molar-refractivity contribution in [3.8, 4) is 16.9 Å². The highest BCUT2D eigenvalue weighted by atomic mass is 32.2. The van der Waals surface area contributed by atoms with Crippen LogP contribution in [0.3, 0.4) is 0 Å². The highest BCUT2D eigenvalue weighted by Crippen LogP contribution is 2.34. The number of aryl methyl sites for hydroxylation is 1. The van der Waals surface area contributed by atoms with Crippen molar-refractivity contribution in [2.75, 3.05) is 12.9 Å². The minimum absolute atomic E-state index is 0.0104. The molecule has 162 valence electrons. The Balaban J connectivity index is 2.17. The molecule has 0 unspecified atom stereocenters. The zero-order valence-electron chi connectivity index (χ0n) is 17.6. The van der Waals surface area contributed by atoms with Gasteiger partial charge in [0, 0.05) is 30.1 Å². The molecule has 0 aliphatic heterocycles. The number of rotatable bonds is 8. The van der Waals surface area contributed by atoms with Crippen LogP contribution in [-0.2, 0) is 16.4 Å². The molecular formula is C23H24N2O5S. The van der Waals surface area contributed by atoms with Gasteiger partial charge in [-0.2, -0.15) is 0 Å². The zero-order chi connectivity index (χ0) is 22.8. The smallest absolute Gasteiger partial charge is 0.277 e. The molecule has 0 saturated carbocycles. The highest BCUT2D eigenvalue weighted by Gasteiger charge is 2.24. The summed E-state index contributed by atoms with van der Waals surface area (Å²) in [5, 5.41) is 2.77. The molecule has 3 rings (SSSR count). The molecule has 8 heteroatoms. The molecule has 0 aliphatic rings. The van der Waals surface area contributed by atoms with Gasteiger partial charge in [-0.15, -0.1) is 0 Å². The normalized spacial score (nSPS) is 11.3. The van der Waals surface area contributed by atoms with E-state index in [4.69, 9.17) is 4.74 Å². The Morgan fingerprint density at radius 1 is 1.16 bits per heavy atom. The molecule has 0 amide bonds. The molecule has 0 spiro atoms. The van der Waals surface area contributed by atoms with Gasteiger partial charge in [-0.1, -0.05) is 24.8 Å². The van der Waals surface area contributed by atoms with Crippen LogP contribution in [0.2, 0.25) is 0 Å². The van der Waals surface area contributed by atoms with Gasteiger partial charge in [0.05, 0.1) is 4.90 Å². The maximum Gasteiger partial charge on any atom is 0.277 e. The number of hydrogen-bond donors (Lipinski definition) is 1. The largest absolute Gasteiger partial charge is 0.490 e. The molecule has 0 bridgehead atoms. The van der Waals surface area contributed by atoms with Crippen LogP contribution in [0.5, 0.6) is 5.75 Å². The number of carbonyl (C=O) groups excluding carboxylic acids is 1. The van der Waals surface area contributed by atoms with Crippen molar-refractivity contribution < 1.29 is 17.9 Å². The molecule has 3 aromatic rings. The highest BCUT2D eigenvalue weighted by molar-refractivity contribution is 7.90. The monoisotopic (exact) mass is 440 g/mol. The van der Waals surface area contributed by atoms with Gasteiger partial charge in [-0.05, 0) is 49.2 Å². The molecule has 1 aromatic heterocycles. The number of hydrogen-bond acceptors (Lipinski definition) is 5. The van der Waals surface area contributed by atoms with E-state index in [0.717, 1.165) is 6.26 Å². The molecule has 7 nitrogen and oxygen atoms in total. The molecule has 0 aliphatic carbocycles. The van der Waals surface area contributed by atoms with E-state index in [0.29, 0.717) is 35.6 Å². The number of sulfone groups is 1. The van der Waals surface area contributed by atoms with Crippen LogP contribution in [0.15, 0.2) is 64.9 Å². The Morgan fingerprint density at radius 3 is 2.39 bits per heavy atom. The third kappa shape index (κ3) is 4.39. The fraction of sp³-hybridized carbons (Fsp3) is 0.217. The van der Waals surface area contributed by atoms with Crippen LogP contribution in [0.25, 0.3) is 11.1 Å². The minimum atomic E-state index is -3.57. The van der Waals surface area contributed by atoms with Gasteiger partial charge in [0.15, 0.2) is 15.6 Å². The van der Waals surface area contributed by atoms with Crippen molar-refractivity contribution in [2.45, 2.75) is 25.3 Å². The van der Waals surface area contributed by atoms with Crippen LogP contribution in [-0.4, -0.2) is 36.8 Å². The van der Waals surface area contributed by atoms with Crippen LogP contribution in [0.1, 0.15) is 28.4 Å². The summed E-state index contributed by atoms with van der Waals surface area (Å²) >= 11 is 0. The van der Waals surface area contributed by atoms with E-state index >= 15 is 0 Å². The summed E-state index contributed by atoms with van der Waals surface area (Å²) in [6, 6.07) is 9.81. The fourth-order valence-corrected chi connectivity index (χ4v) is 4.38. The molecule has 0 saturated heterocycles. The number of H-pyrrole nitrogens is 1. The van der Waals surface area contributed by atoms with Gasteiger partial charge in [0.2, 0.25) is 0 Å². The Morgan fingerprint density at radius 2 is 1.84 bits per heavy atom. The third-order valence-electron chi connectivity index (χ3n) is 4.98. The Labute approximate surface area is 180 Å². The van der Waals surface area contributed by atoms with Gasteiger partial charge < -0.3 is 9.84 Å². The first-order valence-electron chi connectivity index (χ1n) is 9.69. The molecule has 0 radical (unpaired) electrons. The lowest BCUT2D eigenvalue weighted by Crippen LogP contribution is -2.21. The number of nitrogens with zero attached hydrogens (tertiary/aromatic N) is 1. The average molecular weight is 441 g/mol. The first-order chi connectivity index (χ1) is 14.7. The standard InChI is InChI=1S/C23H24N2O5S/c1-5-13-30-17-9-7-16(8-10-17)21-15(3)18(11-12-20(21)31(4,28)29)22(26)19-14-24-25(6-2)23(19)27/h5,7-12,14,24H,1,6,13H2,2-4H3. The third-order valence-corrected chi connectivity index (χ3v) is 6.12. The van der Waals surface area contributed by atoms with E-state index < -0.39 is 21.2 Å². The number of ether oxygens (including phenoxy) is 1. The minimum Gasteiger partial charge on any atom is -0.490 e. The quantitative estimate of drug-likeness (QED) is 0.428. The van der Waals surface area contributed by atoms with Crippen LogP contribution in [0.4, 0.5) is 0 Å². The van der Waals surface area contributed by atoms with Gasteiger partial charge in [-0.3, -0.25) is 14.3 Å². The molecule has 31 heavy (non-hydrogen) atoms. The summed E-state index contributed by atoms with van der Waals surface area (Å²) in [6.07, 6.45) is 4.13. The lowest BCUT2D eigenvalue weighted by atomic mass is 9.93. The number of carbonyl (C=O) groups is 1. The van der Waals surface area contributed by atoms with Crippen LogP contribution < -0.4 is 10.3 Å². The van der Waals surface area contributed by atoms with E-state index in [1.807, 2.05) is 0 Å². The van der Waals surface area contributed by atoms with E-state index in [2.05, 4.69) is 11.7 Å². The lowest BCUT2D eigenvalue weighted by molar-refractivity contribution is 0.103. The van der Waals surface area contributed by atoms with Crippen molar-refractivity contribution in [3.05, 3.63) is 82.3 Å². The van der Waals surface area contributed by atoms with Gasteiger partial charge in [0.25, 0.3) is 5.56 Å². The maximum atomic E-state index is 13.1. The molecular weight excluding hydrogens is 416 g/mol. The number of aromatic nitrogens is 2. The molecule has 2 aromatic carbocycles. The van der Waals surface area contributed by atoms with E-state index in [9.17, 15) is 18.0 Å². The van der Waals surface area contributed by atoms with Gasteiger partial charge in [0.1, 0.15) is 17.9 Å². The first kappa shape index (κ1) is 22.3. The summed E-state index contributed by atoms with van der Waals surface area (Å²) in [5.41, 5.74) is 1.40. The van der Waals surface area contributed by atoms with Gasteiger partial charge in [-0.25, -0.2) is 8.42 Å². The summed E-state index contributed by atoms with van der Waals surface area (Å²) in [4.78, 5) is 25.7. The van der Waals surface area contributed by atoms with E-state index in [1.165, 1.54) is 23.0 Å². The predicted octanol–water partition coefficient (Wildman–Crippen LogP) is 3.37. The SMILES string of the molecule is C=CCOc1ccc(-c2c(S(C)(=O)=O)ccc(C(=O)c3c[nH]n(CC)c3=O)c2C)cc1. The Kier molecular flexibility index (Phi) is 6.31.